The molecule has 0 atom stereocenters. The third-order valence-electron chi connectivity index (χ3n) is 8.46. The molecule has 0 aliphatic carbocycles. The summed E-state index contributed by atoms with van der Waals surface area (Å²) in [6.07, 6.45) is 4.84. The monoisotopic (exact) mass is 488 g/mol. The van der Waals surface area contributed by atoms with Crippen LogP contribution in [0.5, 0.6) is 0 Å². The van der Waals surface area contributed by atoms with E-state index in [1.165, 1.54) is 85.8 Å². The zero-order valence-corrected chi connectivity index (χ0v) is 22.7. The Morgan fingerprint density at radius 3 is 2.46 bits per heavy atom. The number of nitrogens with one attached hydrogen (secondary N) is 1. The first-order valence-electron chi connectivity index (χ1n) is 13.9. The van der Waals surface area contributed by atoms with Crippen LogP contribution in [0.25, 0.3) is 10.8 Å². The van der Waals surface area contributed by atoms with Gasteiger partial charge in [0.2, 0.25) is 0 Å². The zero-order valence-electron chi connectivity index (χ0n) is 22.7. The molecule has 2 aliphatic heterocycles. The van der Waals surface area contributed by atoms with Crippen LogP contribution in [0.15, 0.2) is 60.7 Å². The lowest BCUT2D eigenvalue weighted by Gasteiger charge is -2.40. The van der Waals surface area contributed by atoms with Gasteiger partial charge in [0.05, 0.1) is 13.2 Å². The summed E-state index contributed by atoms with van der Waals surface area (Å²) in [5.41, 5.74) is 13.8. The number of fused-ring (bicyclic) bond motifs is 1. The van der Waals surface area contributed by atoms with Crippen molar-refractivity contribution in [2.45, 2.75) is 73.1 Å². The summed E-state index contributed by atoms with van der Waals surface area (Å²) in [4.78, 5) is 2.62. The lowest BCUT2D eigenvalue weighted by molar-refractivity contribution is 0.134. The predicted molar refractivity (Wildman–Crippen MR) is 158 cm³/mol. The normalized spacial score (nSPS) is 14.3. The summed E-state index contributed by atoms with van der Waals surface area (Å²) in [5, 5.41) is 6.67. The third kappa shape index (κ3) is 4.22. The molecule has 188 valence electrons. The summed E-state index contributed by atoms with van der Waals surface area (Å²) in [6, 6.07) is 22.3. The number of hydrogen-bond donors (Lipinski definition) is 1. The van der Waals surface area contributed by atoms with Gasteiger partial charge in [-0.1, -0.05) is 68.3 Å². The highest BCUT2D eigenvalue weighted by Gasteiger charge is 2.38. The van der Waals surface area contributed by atoms with E-state index in [1.54, 1.807) is 0 Å². The number of nitrogens with zero attached hydrogens (tertiary/aromatic N) is 1. The highest BCUT2D eigenvalue weighted by Crippen LogP contribution is 2.40. The van der Waals surface area contributed by atoms with Gasteiger partial charge >= 0.3 is 6.98 Å². The lowest BCUT2D eigenvalue weighted by atomic mass is 9.58. The van der Waals surface area contributed by atoms with E-state index in [0.29, 0.717) is 0 Å². The van der Waals surface area contributed by atoms with E-state index in [2.05, 4.69) is 98.4 Å². The average molecular weight is 488 g/mol. The minimum absolute atomic E-state index is 0.0568. The molecule has 4 heteroatoms. The molecule has 1 N–H and O–H groups in total. The first-order chi connectivity index (χ1) is 18.1. The predicted octanol–water partition coefficient (Wildman–Crippen LogP) is 7.36. The molecule has 0 amide bonds. The Balaban J connectivity index is 1.58. The Hall–Kier alpha value is -3.24. The largest absolute Gasteiger partial charge is 0.409 e. The van der Waals surface area contributed by atoms with Crippen molar-refractivity contribution in [2.24, 2.45) is 0 Å². The number of benzene rings is 4. The molecule has 6 rings (SSSR count). The number of anilines is 2. The Labute approximate surface area is 222 Å². The molecule has 2 aliphatic rings. The van der Waals surface area contributed by atoms with Crippen LogP contribution in [0.3, 0.4) is 0 Å². The molecule has 0 unspecified atom stereocenters. The molecular formula is C33H37BN2O. The van der Waals surface area contributed by atoms with Crippen LogP contribution in [0.2, 0.25) is 0 Å². The topological polar surface area (TPSA) is 24.5 Å². The van der Waals surface area contributed by atoms with E-state index < -0.39 is 0 Å². The average Bonchev–Trinajstić information content (AvgIpc) is 3.40. The van der Waals surface area contributed by atoms with E-state index in [-0.39, 0.29) is 6.98 Å². The fourth-order valence-corrected chi connectivity index (χ4v) is 6.56. The molecule has 0 saturated carbocycles. The van der Waals surface area contributed by atoms with Gasteiger partial charge in [-0.3, -0.25) is 0 Å². The first kappa shape index (κ1) is 24.1. The van der Waals surface area contributed by atoms with Crippen molar-refractivity contribution in [1.29, 1.82) is 0 Å². The van der Waals surface area contributed by atoms with Gasteiger partial charge in [0, 0.05) is 23.3 Å². The van der Waals surface area contributed by atoms with Gasteiger partial charge in [0.25, 0.3) is 0 Å². The zero-order chi connectivity index (χ0) is 25.5. The molecule has 0 bridgehead atoms. The van der Waals surface area contributed by atoms with E-state index in [0.717, 1.165) is 26.2 Å². The molecule has 0 saturated heterocycles. The first-order valence-corrected chi connectivity index (χ1v) is 13.9. The number of aryl methyl sites for hydroxylation is 1. The third-order valence-corrected chi connectivity index (χ3v) is 8.46. The summed E-state index contributed by atoms with van der Waals surface area (Å²) in [7, 11) is 0. The Morgan fingerprint density at radius 1 is 0.892 bits per heavy atom. The van der Waals surface area contributed by atoms with Crippen molar-refractivity contribution in [3.05, 3.63) is 99.6 Å². The number of unbranched alkanes of at least 4 members (excludes halogenated alkanes) is 2. The molecular weight excluding hydrogens is 451 g/mol. The number of hydrogen-bond acceptors (Lipinski definition) is 3. The Morgan fingerprint density at radius 2 is 1.68 bits per heavy atom. The van der Waals surface area contributed by atoms with E-state index >= 15 is 0 Å². The lowest BCUT2D eigenvalue weighted by Crippen LogP contribution is -2.58. The van der Waals surface area contributed by atoms with Gasteiger partial charge in [-0.15, -0.1) is 0 Å². The molecule has 0 radical (unpaired) electrons. The molecule has 3 nitrogen and oxygen atoms in total. The molecule has 2 heterocycles. The Kier molecular flexibility index (Phi) is 6.46. The van der Waals surface area contributed by atoms with Crippen LogP contribution in [0.1, 0.15) is 65.1 Å². The van der Waals surface area contributed by atoms with Gasteiger partial charge in [-0.05, 0) is 95.5 Å². The van der Waals surface area contributed by atoms with Crippen molar-refractivity contribution < 1.29 is 4.74 Å². The highest BCUT2D eigenvalue weighted by atomic mass is 16.5. The van der Waals surface area contributed by atoms with Crippen molar-refractivity contribution in [3.8, 4) is 0 Å². The maximum absolute atomic E-state index is 6.01. The maximum Gasteiger partial charge on any atom is 0.409 e. The van der Waals surface area contributed by atoms with Crippen LogP contribution >= 0.6 is 0 Å². The number of ether oxygens (including phenoxy) is 1. The van der Waals surface area contributed by atoms with Crippen molar-refractivity contribution in [2.75, 3.05) is 10.0 Å². The fourth-order valence-electron chi connectivity index (χ4n) is 6.56. The van der Waals surface area contributed by atoms with Crippen molar-refractivity contribution in [1.82, 2.24) is 0 Å². The van der Waals surface area contributed by atoms with E-state index in [4.69, 9.17) is 4.74 Å². The summed E-state index contributed by atoms with van der Waals surface area (Å²) in [5.74, 6) is 0. The minimum Gasteiger partial charge on any atom is -0.405 e. The van der Waals surface area contributed by atoms with Crippen LogP contribution in [-0.4, -0.2) is 6.98 Å². The summed E-state index contributed by atoms with van der Waals surface area (Å²) < 4.78 is 6.01. The molecule has 4 aromatic rings. The van der Waals surface area contributed by atoms with Crippen molar-refractivity contribution >= 4 is 34.6 Å². The molecule has 4 aromatic carbocycles. The van der Waals surface area contributed by atoms with Gasteiger partial charge in [-0.2, -0.15) is 0 Å². The maximum atomic E-state index is 6.01. The Bertz CT molecular complexity index is 1460. The molecule has 0 spiro atoms. The SMILES string of the molecule is CCCCCc1c(C)c2c(c(C)c1B1Nc3cccc4cc(C)cc(c34)N1Cc1ccccc1)COC2. The van der Waals surface area contributed by atoms with Crippen LogP contribution in [0.4, 0.5) is 11.4 Å². The van der Waals surface area contributed by atoms with Crippen LogP contribution in [0, 0.1) is 20.8 Å². The summed E-state index contributed by atoms with van der Waals surface area (Å²) in [6.45, 7) is 11.6. The second-order valence-electron chi connectivity index (χ2n) is 10.9. The quantitative estimate of drug-likeness (QED) is 0.217. The van der Waals surface area contributed by atoms with Crippen LogP contribution in [-0.2, 0) is 30.9 Å². The smallest absolute Gasteiger partial charge is 0.405 e. The number of rotatable bonds is 7. The van der Waals surface area contributed by atoms with E-state index in [1.807, 2.05) is 0 Å². The van der Waals surface area contributed by atoms with Crippen LogP contribution < -0.4 is 15.5 Å². The molecule has 0 fully saturated rings. The highest BCUT2D eigenvalue weighted by molar-refractivity contribution is 6.81. The van der Waals surface area contributed by atoms with Gasteiger partial charge in [0.15, 0.2) is 0 Å². The standard InChI is InChI=1S/C33H37BN2O/c1-5-6-8-15-27-23(3)28-20-37-21-29(28)24(4)33(27)34-35-30-16-11-14-26-17-22(2)18-31(32(26)30)36(34)19-25-12-9-7-10-13-25/h7,9-14,16-18,35H,5-6,8,15,19-21H2,1-4H3. The van der Waals surface area contributed by atoms with Gasteiger partial charge < -0.3 is 14.8 Å². The summed E-state index contributed by atoms with van der Waals surface area (Å²) >= 11 is 0. The second kappa shape index (κ2) is 9.91. The van der Waals surface area contributed by atoms with Gasteiger partial charge in [0.1, 0.15) is 0 Å². The molecule has 0 aromatic heterocycles. The van der Waals surface area contributed by atoms with Gasteiger partial charge in [-0.25, -0.2) is 0 Å². The molecule has 37 heavy (non-hydrogen) atoms. The second-order valence-corrected chi connectivity index (χ2v) is 10.9. The minimum atomic E-state index is 0.0568. The fraction of sp³-hybridized carbons (Fsp3) is 0.333. The van der Waals surface area contributed by atoms with Crippen molar-refractivity contribution in [3.63, 3.8) is 0 Å². The van der Waals surface area contributed by atoms with E-state index in [9.17, 15) is 0 Å².